The van der Waals surface area contributed by atoms with E-state index in [-0.39, 0.29) is 29.9 Å². The lowest BCUT2D eigenvalue weighted by atomic mass is 10.1. The molecular weight excluding hydrogens is 346 g/mol. The van der Waals surface area contributed by atoms with Crippen molar-refractivity contribution < 1.29 is 23.1 Å². The third kappa shape index (κ3) is 4.36. The van der Waals surface area contributed by atoms with E-state index >= 15 is 0 Å². The standard InChI is InChI=1S/C15H19N3O3S.CH2O2/c1-17-8-5-11-3-4-13(16-14(11)17)15(19)18(2)12-6-9-22(20,21)10-7-12;2-1-3/h3-5,8,12H,6-7,9-10H2,1-2H3;1H,(H,2,3). The highest BCUT2D eigenvalue weighted by Crippen LogP contribution is 2.20. The van der Waals surface area contributed by atoms with Gasteiger partial charge in [-0.25, -0.2) is 13.4 Å². The van der Waals surface area contributed by atoms with Crippen LogP contribution < -0.4 is 0 Å². The topological polar surface area (TPSA) is 110 Å². The Morgan fingerprint density at radius 1 is 1.32 bits per heavy atom. The van der Waals surface area contributed by atoms with Gasteiger partial charge in [-0.15, -0.1) is 0 Å². The molecule has 1 amide bonds. The molecule has 1 N–H and O–H groups in total. The summed E-state index contributed by atoms with van der Waals surface area (Å²) in [5, 5.41) is 7.88. The first kappa shape index (κ1) is 18.9. The van der Waals surface area contributed by atoms with E-state index in [2.05, 4.69) is 4.98 Å². The van der Waals surface area contributed by atoms with Crippen LogP contribution in [0.15, 0.2) is 24.4 Å². The number of hydrogen-bond donors (Lipinski definition) is 1. The van der Waals surface area contributed by atoms with Crippen LogP contribution in [0.4, 0.5) is 0 Å². The van der Waals surface area contributed by atoms with Crippen molar-refractivity contribution in [1.29, 1.82) is 0 Å². The van der Waals surface area contributed by atoms with Crippen molar-refractivity contribution in [2.45, 2.75) is 18.9 Å². The number of carbonyl (C=O) groups is 2. The third-order valence-corrected chi connectivity index (χ3v) is 6.04. The molecule has 9 heteroatoms. The zero-order chi connectivity index (χ0) is 18.6. The van der Waals surface area contributed by atoms with E-state index in [1.165, 1.54) is 0 Å². The van der Waals surface area contributed by atoms with Crippen molar-refractivity contribution in [2.24, 2.45) is 7.05 Å². The first-order valence-corrected chi connectivity index (χ1v) is 9.58. The first-order valence-electron chi connectivity index (χ1n) is 7.76. The van der Waals surface area contributed by atoms with E-state index in [9.17, 15) is 13.2 Å². The molecule has 3 rings (SSSR count). The van der Waals surface area contributed by atoms with Crippen LogP contribution in [0.5, 0.6) is 0 Å². The zero-order valence-electron chi connectivity index (χ0n) is 14.1. The molecule has 2 aromatic heterocycles. The van der Waals surface area contributed by atoms with Gasteiger partial charge in [-0.2, -0.15) is 0 Å². The van der Waals surface area contributed by atoms with Gasteiger partial charge in [0.2, 0.25) is 0 Å². The Morgan fingerprint density at radius 2 is 1.92 bits per heavy atom. The van der Waals surface area contributed by atoms with E-state index in [4.69, 9.17) is 9.90 Å². The molecule has 1 aliphatic heterocycles. The average Bonchev–Trinajstić information content (AvgIpc) is 2.95. The predicted molar refractivity (Wildman–Crippen MR) is 93.2 cm³/mol. The molecule has 25 heavy (non-hydrogen) atoms. The van der Waals surface area contributed by atoms with Crippen LogP contribution in [0.25, 0.3) is 11.0 Å². The summed E-state index contributed by atoms with van der Waals surface area (Å²) in [6.45, 7) is -0.250. The third-order valence-electron chi connectivity index (χ3n) is 4.33. The normalized spacial score (nSPS) is 16.7. The lowest BCUT2D eigenvalue weighted by Gasteiger charge is -2.30. The molecule has 1 saturated heterocycles. The summed E-state index contributed by atoms with van der Waals surface area (Å²) in [4.78, 5) is 27.0. The molecule has 0 spiro atoms. The Balaban J connectivity index is 0.000000701. The fourth-order valence-corrected chi connectivity index (χ4v) is 4.33. The van der Waals surface area contributed by atoms with Crippen LogP contribution in [0.3, 0.4) is 0 Å². The van der Waals surface area contributed by atoms with E-state index in [1.54, 1.807) is 18.0 Å². The minimum atomic E-state index is -2.92. The lowest BCUT2D eigenvalue weighted by molar-refractivity contribution is -0.122. The fourth-order valence-electron chi connectivity index (χ4n) is 2.86. The highest BCUT2D eigenvalue weighted by atomic mass is 32.2. The summed E-state index contributed by atoms with van der Waals surface area (Å²) in [6, 6.07) is 5.52. The molecule has 1 aliphatic rings. The zero-order valence-corrected chi connectivity index (χ0v) is 14.9. The molecule has 136 valence electrons. The van der Waals surface area contributed by atoms with Crippen LogP contribution in [0.2, 0.25) is 0 Å². The van der Waals surface area contributed by atoms with Gasteiger partial charge in [0.15, 0.2) is 0 Å². The number of carboxylic acid groups (broad SMARTS) is 1. The quantitative estimate of drug-likeness (QED) is 0.791. The molecule has 0 atom stereocenters. The Morgan fingerprint density at radius 3 is 2.52 bits per heavy atom. The van der Waals surface area contributed by atoms with Gasteiger partial charge < -0.3 is 14.6 Å². The Labute approximate surface area is 146 Å². The van der Waals surface area contributed by atoms with Gasteiger partial charge in [0.1, 0.15) is 21.2 Å². The van der Waals surface area contributed by atoms with Crippen LogP contribution in [0, 0.1) is 0 Å². The number of rotatable bonds is 2. The minimum absolute atomic E-state index is 0.0399. The Hall–Kier alpha value is -2.42. The second-order valence-electron chi connectivity index (χ2n) is 5.94. The van der Waals surface area contributed by atoms with Crippen molar-refractivity contribution in [3.05, 3.63) is 30.1 Å². The summed E-state index contributed by atoms with van der Waals surface area (Å²) >= 11 is 0. The number of amides is 1. The van der Waals surface area contributed by atoms with Gasteiger partial charge in [0.05, 0.1) is 11.5 Å². The molecule has 0 radical (unpaired) electrons. The number of aryl methyl sites for hydroxylation is 1. The monoisotopic (exact) mass is 367 g/mol. The minimum Gasteiger partial charge on any atom is -0.483 e. The largest absolute Gasteiger partial charge is 0.483 e. The van der Waals surface area contributed by atoms with E-state index in [0.29, 0.717) is 18.5 Å². The van der Waals surface area contributed by atoms with Crippen molar-refractivity contribution in [3.63, 3.8) is 0 Å². The summed E-state index contributed by atoms with van der Waals surface area (Å²) in [7, 11) is 0.689. The molecule has 0 unspecified atom stereocenters. The maximum absolute atomic E-state index is 12.6. The fraction of sp³-hybridized carbons (Fsp3) is 0.438. The van der Waals surface area contributed by atoms with Gasteiger partial charge in [-0.1, -0.05) is 0 Å². The van der Waals surface area contributed by atoms with Crippen molar-refractivity contribution in [1.82, 2.24) is 14.5 Å². The molecule has 2 aromatic rings. The summed E-state index contributed by atoms with van der Waals surface area (Å²) in [5.41, 5.74) is 1.16. The van der Waals surface area contributed by atoms with E-state index < -0.39 is 9.84 Å². The van der Waals surface area contributed by atoms with Crippen LogP contribution in [-0.4, -0.2) is 64.9 Å². The number of pyridine rings is 1. The molecule has 0 bridgehead atoms. The van der Waals surface area contributed by atoms with Crippen LogP contribution in [0.1, 0.15) is 23.3 Å². The molecule has 3 heterocycles. The molecular formula is C16H21N3O5S. The average molecular weight is 367 g/mol. The van der Waals surface area contributed by atoms with Gasteiger partial charge in [0.25, 0.3) is 12.4 Å². The molecule has 0 saturated carbocycles. The van der Waals surface area contributed by atoms with Gasteiger partial charge in [0, 0.05) is 31.7 Å². The lowest BCUT2D eigenvalue weighted by Crippen LogP contribution is -2.42. The second kappa shape index (κ2) is 7.64. The summed E-state index contributed by atoms with van der Waals surface area (Å²) < 4.78 is 24.9. The van der Waals surface area contributed by atoms with Crippen molar-refractivity contribution >= 4 is 33.3 Å². The summed E-state index contributed by atoms with van der Waals surface area (Å²) in [6.07, 6.45) is 2.90. The Bertz CT molecular complexity index is 861. The second-order valence-corrected chi connectivity index (χ2v) is 8.24. The number of hydrogen-bond acceptors (Lipinski definition) is 5. The van der Waals surface area contributed by atoms with Crippen molar-refractivity contribution in [2.75, 3.05) is 18.6 Å². The SMILES string of the molecule is CN(C(=O)c1ccc2ccn(C)c2n1)C1CCS(=O)(=O)CC1.O=CO. The number of sulfone groups is 1. The number of carbonyl (C=O) groups excluding carboxylic acids is 1. The van der Waals surface area contributed by atoms with Crippen LogP contribution >= 0.6 is 0 Å². The summed E-state index contributed by atoms with van der Waals surface area (Å²) in [5.74, 6) is 0.145. The molecule has 1 fully saturated rings. The molecule has 8 nitrogen and oxygen atoms in total. The van der Waals surface area contributed by atoms with Crippen LogP contribution in [-0.2, 0) is 21.7 Å². The molecule has 0 aromatic carbocycles. The number of nitrogens with zero attached hydrogens (tertiary/aromatic N) is 3. The van der Waals surface area contributed by atoms with Gasteiger partial charge in [-0.05, 0) is 31.0 Å². The van der Waals surface area contributed by atoms with Gasteiger partial charge >= 0.3 is 0 Å². The van der Waals surface area contributed by atoms with E-state index in [0.717, 1.165) is 11.0 Å². The number of aromatic nitrogens is 2. The number of fused-ring (bicyclic) bond motifs is 1. The maximum atomic E-state index is 12.6. The predicted octanol–water partition coefficient (Wildman–Crippen LogP) is 0.923. The molecule has 0 aliphatic carbocycles. The maximum Gasteiger partial charge on any atom is 0.290 e. The highest BCUT2D eigenvalue weighted by molar-refractivity contribution is 7.91. The smallest absolute Gasteiger partial charge is 0.290 e. The highest BCUT2D eigenvalue weighted by Gasteiger charge is 2.29. The van der Waals surface area contributed by atoms with Gasteiger partial charge in [-0.3, -0.25) is 9.59 Å². The Kier molecular flexibility index (Phi) is 5.78. The van der Waals surface area contributed by atoms with E-state index in [1.807, 2.05) is 29.9 Å². The van der Waals surface area contributed by atoms with Crippen molar-refractivity contribution in [3.8, 4) is 0 Å². The first-order chi connectivity index (χ1) is 11.8.